The molecule has 1 aromatic rings. The van der Waals surface area contributed by atoms with Crippen molar-refractivity contribution in [3.63, 3.8) is 0 Å². The number of nitro groups is 1. The molecule has 12 atom stereocenters. The van der Waals surface area contributed by atoms with Gasteiger partial charge in [0.2, 0.25) is 0 Å². The Bertz CT molecular complexity index is 1510. The highest BCUT2D eigenvalue weighted by molar-refractivity contribution is 5.73. The Morgan fingerprint density at radius 2 is 1.86 bits per heavy atom. The van der Waals surface area contributed by atoms with Gasteiger partial charge >= 0.3 is 11.8 Å². The molecule has 3 N–H and O–H groups in total. The highest BCUT2D eigenvalue weighted by Crippen LogP contribution is 2.75. The highest BCUT2D eigenvalue weighted by Gasteiger charge is 2.72. The first kappa shape index (κ1) is 36.4. The van der Waals surface area contributed by atoms with Crippen LogP contribution < -0.4 is 5.73 Å². The van der Waals surface area contributed by atoms with E-state index in [2.05, 4.69) is 78.7 Å². The van der Waals surface area contributed by atoms with Gasteiger partial charge in [-0.2, -0.15) is 0 Å². The molecule has 11 heteroatoms. The largest absolute Gasteiger partial charge is 0.481 e. The number of hydrogen-bond donors (Lipinski definition) is 2. The standard InChI is InChI=1S/C38H61N5O6/c1-22(2)24(5)33(6)15-16-35(8)25-11-12-28-34(7)19-48-21-38(28,26(25)13-14-36(35,9)30(33)32(44)45)17-27(42-29(43(46)47)18-40-41-42)31(34)49-20-37(10,39)23(3)4/h13,18,22-25,27-28,30-31H,11-12,14-17,19-21,39H2,1-10H3,(H,44,45)/t24-,25+,27-,28+,30-,31+,33-,34?,35-,36+,37+,38+/m1/s1. The topological polar surface area (TPSA) is 156 Å². The van der Waals surface area contributed by atoms with E-state index < -0.39 is 45.3 Å². The van der Waals surface area contributed by atoms with Crippen molar-refractivity contribution in [3.8, 4) is 0 Å². The minimum absolute atomic E-state index is 0.143. The molecule has 4 aliphatic carbocycles. The molecule has 3 saturated carbocycles. The van der Waals surface area contributed by atoms with E-state index in [4.69, 9.17) is 15.2 Å². The van der Waals surface area contributed by atoms with Crippen molar-refractivity contribution in [2.45, 2.75) is 125 Å². The molecule has 2 bridgehead atoms. The third-order valence-corrected chi connectivity index (χ3v) is 16.0. The summed E-state index contributed by atoms with van der Waals surface area (Å²) in [6, 6.07) is -0.454. The summed E-state index contributed by atoms with van der Waals surface area (Å²) in [6.45, 7) is 23.3. The van der Waals surface area contributed by atoms with Gasteiger partial charge < -0.3 is 30.4 Å². The summed E-state index contributed by atoms with van der Waals surface area (Å²) < 4.78 is 15.0. The zero-order chi connectivity index (χ0) is 36.1. The summed E-state index contributed by atoms with van der Waals surface area (Å²) in [7, 11) is 0. The first-order valence-electron chi connectivity index (χ1n) is 18.7. The Hall–Kier alpha value is -2.37. The third kappa shape index (κ3) is 5.01. The molecule has 0 radical (unpaired) electrons. The van der Waals surface area contributed by atoms with Crippen molar-refractivity contribution in [1.29, 1.82) is 0 Å². The summed E-state index contributed by atoms with van der Waals surface area (Å²) in [4.78, 5) is 25.3. The van der Waals surface area contributed by atoms with Gasteiger partial charge in [-0.3, -0.25) is 4.79 Å². The number of carboxylic acid groups (broad SMARTS) is 1. The van der Waals surface area contributed by atoms with Crippen LogP contribution in [0.5, 0.6) is 0 Å². The molecule has 0 spiro atoms. The predicted octanol–water partition coefficient (Wildman–Crippen LogP) is 7.07. The minimum atomic E-state index is -0.676. The van der Waals surface area contributed by atoms with Crippen LogP contribution in [0.1, 0.15) is 114 Å². The quantitative estimate of drug-likeness (QED) is 0.158. The molecule has 6 rings (SSSR count). The van der Waals surface area contributed by atoms with Crippen LogP contribution in [0.3, 0.4) is 0 Å². The lowest BCUT2D eigenvalue weighted by molar-refractivity contribution is -0.394. The van der Waals surface area contributed by atoms with Gasteiger partial charge in [-0.15, -0.1) is 9.78 Å². The molecule has 274 valence electrons. The number of carbonyl (C=O) groups is 1. The van der Waals surface area contributed by atoms with Crippen molar-refractivity contribution in [2.24, 2.45) is 68.3 Å². The zero-order valence-corrected chi connectivity index (χ0v) is 31.5. The van der Waals surface area contributed by atoms with Crippen LogP contribution in [0.15, 0.2) is 17.8 Å². The van der Waals surface area contributed by atoms with Gasteiger partial charge in [-0.25, -0.2) is 0 Å². The highest BCUT2D eigenvalue weighted by atomic mass is 16.6. The van der Waals surface area contributed by atoms with Crippen LogP contribution >= 0.6 is 0 Å². The van der Waals surface area contributed by atoms with Gasteiger partial charge in [0.1, 0.15) is 12.3 Å². The molecule has 0 amide bonds. The summed E-state index contributed by atoms with van der Waals surface area (Å²) >= 11 is 0. The average Bonchev–Trinajstić information content (AvgIpc) is 3.50. The van der Waals surface area contributed by atoms with Crippen molar-refractivity contribution in [1.82, 2.24) is 15.0 Å². The van der Waals surface area contributed by atoms with E-state index in [0.29, 0.717) is 38.6 Å². The Labute approximate surface area is 292 Å². The Morgan fingerprint density at radius 3 is 2.47 bits per heavy atom. The van der Waals surface area contributed by atoms with Gasteiger partial charge in [0, 0.05) is 28.0 Å². The number of hydrogen-bond acceptors (Lipinski definition) is 8. The maximum absolute atomic E-state index is 13.4. The second kappa shape index (κ2) is 11.8. The van der Waals surface area contributed by atoms with Crippen molar-refractivity contribution < 1.29 is 24.3 Å². The van der Waals surface area contributed by atoms with E-state index in [1.165, 1.54) is 16.5 Å². The number of aromatic nitrogens is 3. The van der Waals surface area contributed by atoms with Crippen LogP contribution in [-0.4, -0.2) is 62.5 Å². The molecule has 1 aliphatic heterocycles. The second-order valence-corrected chi connectivity index (χ2v) is 18.8. The average molecular weight is 684 g/mol. The summed E-state index contributed by atoms with van der Waals surface area (Å²) in [5, 5.41) is 31.7. The molecule has 0 aromatic carbocycles. The lowest BCUT2D eigenvalue weighted by atomic mass is 9.34. The molecule has 11 nitrogen and oxygen atoms in total. The summed E-state index contributed by atoms with van der Waals surface area (Å²) in [5.41, 5.74) is 5.67. The fourth-order valence-corrected chi connectivity index (χ4v) is 12.2. The molecular weight excluding hydrogens is 622 g/mol. The predicted molar refractivity (Wildman–Crippen MR) is 186 cm³/mol. The number of allylic oxidation sites excluding steroid dienone is 1. The molecule has 49 heavy (non-hydrogen) atoms. The maximum Gasteiger partial charge on any atom is 0.365 e. The van der Waals surface area contributed by atoms with Gasteiger partial charge in [-0.1, -0.05) is 74.0 Å². The molecule has 1 saturated heterocycles. The van der Waals surface area contributed by atoms with E-state index in [1.54, 1.807) is 0 Å². The molecule has 2 heterocycles. The van der Waals surface area contributed by atoms with E-state index in [9.17, 15) is 20.0 Å². The third-order valence-electron chi connectivity index (χ3n) is 16.0. The van der Waals surface area contributed by atoms with Crippen LogP contribution in [0.4, 0.5) is 5.82 Å². The Balaban J connectivity index is 1.47. The Morgan fingerprint density at radius 1 is 1.16 bits per heavy atom. The first-order valence-corrected chi connectivity index (χ1v) is 18.7. The molecule has 5 aliphatic rings. The maximum atomic E-state index is 13.4. The number of fused-ring (bicyclic) bond motifs is 3. The normalized spacial score (nSPS) is 43.5. The van der Waals surface area contributed by atoms with Gasteiger partial charge in [0.05, 0.1) is 25.7 Å². The lowest BCUT2D eigenvalue weighted by Gasteiger charge is -2.71. The van der Waals surface area contributed by atoms with Crippen molar-refractivity contribution >= 4 is 11.8 Å². The lowest BCUT2D eigenvalue weighted by Crippen LogP contribution is -2.69. The van der Waals surface area contributed by atoms with Crippen LogP contribution in [0.2, 0.25) is 0 Å². The number of nitrogens with zero attached hydrogens (tertiary/aromatic N) is 4. The fourth-order valence-electron chi connectivity index (χ4n) is 12.2. The molecular formula is C38H61N5O6. The second-order valence-electron chi connectivity index (χ2n) is 18.8. The number of carboxylic acids is 1. The molecule has 1 unspecified atom stereocenters. The van der Waals surface area contributed by atoms with E-state index >= 15 is 0 Å². The van der Waals surface area contributed by atoms with Crippen LogP contribution in [0, 0.1) is 72.7 Å². The number of ether oxygens (including phenoxy) is 2. The zero-order valence-electron chi connectivity index (χ0n) is 31.5. The number of rotatable bonds is 9. The smallest absolute Gasteiger partial charge is 0.365 e. The van der Waals surface area contributed by atoms with Gasteiger partial charge in [0.15, 0.2) is 6.04 Å². The van der Waals surface area contributed by atoms with E-state index in [1.807, 2.05) is 6.92 Å². The summed E-state index contributed by atoms with van der Waals surface area (Å²) in [5.74, 6) is -0.0688. The van der Waals surface area contributed by atoms with Gasteiger partial charge in [0.25, 0.3) is 0 Å². The SMILES string of the molecule is CC(C)[C@@H](C)[C@@]1(C)CC[C@]2(C)[C@H]3CC[C@H]4C5(C)COC[C@@]4(C[C@@H](n4nncc4[N+](=O)[O-])[C@@H]5OC[C@](C)(N)C(C)C)C3=CC[C@@]2(C)[C@@H]1C(=O)O. The monoisotopic (exact) mass is 683 g/mol. The minimum Gasteiger partial charge on any atom is -0.481 e. The fraction of sp³-hybridized carbons (Fsp3) is 0.868. The molecule has 1 aromatic heterocycles. The van der Waals surface area contributed by atoms with Gasteiger partial charge in [-0.05, 0) is 89.8 Å². The Kier molecular flexibility index (Phi) is 8.80. The van der Waals surface area contributed by atoms with Crippen molar-refractivity contribution in [3.05, 3.63) is 28.0 Å². The first-order chi connectivity index (χ1) is 22.7. The molecule has 4 fully saturated rings. The summed E-state index contributed by atoms with van der Waals surface area (Å²) in [6.07, 6.45) is 8.24. The number of nitrogens with two attached hydrogens (primary N) is 1. The van der Waals surface area contributed by atoms with E-state index in [-0.39, 0.29) is 45.7 Å². The number of aliphatic carboxylic acids is 1. The van der Waals surface area contributed by atoms with E-state index in [0.717, 1.165) is 25.7 Å². The van der Waals surface area contributed by atoms with Crippen LogP contribution in [-0.2, 0) is 14.3 Å². The van der Waals surface area contributed by atoms with Crippen molar-refractivity contribution in [2.75, 3.05) is 19.8 Å². The van der Waals surface area contributed by atoms with Crippen LogP contribution in [0.25, 0.3) is 0 Å².